The Morgan fingerprint density at radius 2 is 2.10 bits per heavy atom. The minimum absolute atomic E-state index is 0.102. The van der Waals surface area contributed by atoms with Gasteiger partial charge in [-0.2, -0.15) is 0 Å². The van der Waals surface area contributed by atoms with Gasteiger partial charge in [0.1, 0.15) is 17.2 Å². The zero-order chi connectivity index (χ0) is 14.9. The second-order valence-corrected chi connectivity index (χ2v) is 5.77. The van der Waals surface area contributed by atoms with Gasteiger partial charge in [0.2, 0.25) is 0 Å². The van der Waals surface area contributed by atoms with Gasteiger partial charge in [-0.1, -0.05) is 6.92 Å². The van der Waals surface area contributed by atoms with Crippen LogP contribution in [-0.2, 0) is 11.2 Å². The van der Waals surface area contributed by atoms with Crippen molar-refractivity contribution in [3.05, 3.63) is 24.0 Å². The van der Waals surface area contributed by atoms with Crippen molar-refractivity contribution in [3.63, 3.8) is 0 Å². The van der Waals surface area contributed by atoms with Crippen molar-refractivity contribution in [2.24, 2.45) is 0 Å². The van der Waals surface area contributed by atoms with Gasteiger partial charge in [0, 0.05) is 12.5 Å². The van der Waals surface area contributed by atoms with E-state index in [4.69, 9.17) is 4.74 Å². The normalized spacial score (nSPS) is 11.8. The van der Waals surface area contributed by atoms with Crippen LogP contribution in [0.2, 0.25) is 0 Å². The number of aryl methyl sites for hydroxylation is 1. The van der Waals surface area contributed by atoms with E-state index in [1.54, 1.807) is 12.1 Å². The molecule has 1 heterocycles. The maximum absolute atomic E-state index is 12.4. The molecule has 0 spiro atoms. The average molecular weight is 276 g/mol. The molecule has 0 radical (unpaired) electrons. The van der Waals surface area contributed by atoms with E-state index >= 15 is 0 Å². The highest BCUT2D eigenvalue weighted by Gasteiger charge is 2.22. The van der Waals surface area contributed by atoms with Gasteiger partial charge in [0.05, 0.1) is 11.0 Å². The van der Waals surface area contributed by atoms with Gasteiger partial charge < -0.3 is 9.84 Å². The summed E-state index contributed by atoms with van der Waals surface area (Å²) in [4.78, 5) is 16.8. The fraction of sp³-hybridized carbons (Fsp3) is 0.467. The maximum atomic E-state index is 12.4. The first kappa shape index (κ1) is 14.4. The van der Waals surface area contributed by atoms with E-state index in [2.05, 4.69) is 4.98 Å². The summed E-state index contributed by atoms with van der Waals surface area (Å²) >= 11 is 0. The number of carbonyl (C=O) groups is 1. The molecule has 0 aliphatic heterocycles. The smallest absolute Gasteiger partial charge is 0.420 e. The van der Waals surface area contributed by atoms with Crippen molar-refractivity contribution in [2.75, 3.05) is 0 Å². The molecular formula is C15H20N2O3. The van der Waals surface area contributed by atoms with Crippen molar-refractivity contribution >= 4 is 17.1 Å². The second kappa shape index (κ2) is 5.15. The number of aromatic hydroxyl groups is 1. The molecule has 2 aromatic rings. The molecule has 0 amide bonds. The van der Waals surface area contributed by atoms with Crippen molar-refractivity contribution in [2.45, 2.75) is 46.1 Å². The minimum Gasteiger partial charge on any atom is -0.508 e. The van der Waals surface area contributed by atoms with Gasteiger partial charge in [0.15, 0.2) is 0 Å². The molecule has 1 aromatic heterocycles. The van der Waals surface area contributed by atoms with Crippen molar-refractivity contribution in [3.8, 4) is 5.75 Å². The summed E-state index contributed by atoms with van der Waals surface area (Å²) in [5, 5.41) is 9.61. The first-order chi connectivity index (χ1) is 9.31. The van der Waals surface area contributed by atoms with E-state index in [0.29, 0.717) is 23.3 Å². The predicted molar refractivity (Wildman–Crippen MR) is 77.0 cm³/mol. The quantitative estimate of drug-likeness (QED) is 0.912. The lowest BCUT2D eigenvalue weighted by Crippen LogP contribution is -2.28. The second-order valence-electron chi connectivity index (χ2n) is 5.77. The number of ether oxygens (including phenoxy) is 1. The molecule has 108 valence electrons. The molecule has 2 rings (SSSR count). The van der Waals surface area contributed by atoms with Crippen molar-refractivity contribution < 1.29 is 14.6 Å². The SMILES string of the molecule is CCCc1nc2ccc(O)cc2n1C(=O)OC(C)(C)C. The predicted octanol–water partition coefficient (Wildman–Crippen LogP) is 3.48. The third-order valence-electron chi connectivity index (χ3n) is 2.76. The van der Waals surface area contributed by atoms with E-state index in [9.17, 15) is 9.90 Å². The Kier molecular flexibility index (Phi) is 3.70. The standard InChI is InChI=1S/C15H20N2O3/c1-5-6-13-16-11-8-7-10(18)9-12(11)17(13)14(19)20-15(2,3)4/h7-9,18H,5-6H2,1-4H3. The highest BCUT2D eigenvalue weighted by Crippen LogP contribution is 2.23. The molecule has 5 nitrogen and oxygen atoms in total. The van der Waals surface area contributed by atoms with Crippen LogP contribution in [-0.4, -0.2) is 26.4 Å². The van der Waals surface area contributed by atoms with Crippen molar-refractivity contribution in [1.29, 1.82) is 0 Å². The summed E-state index contributed by atoms with van der Waals surface area (Å²) in [5.41, 5.74) is 0.674. The molecule has 0 atom stereocenters. The van der Waals surface area contributed by atoms with E-state index in [1.165, 1.54) is 10.6 Å². The van der Waals surface area contributed by atoms with Crippen LogP contribution < -0.4 is 0 Å². The number of aromatic nitrogens is 2. The summed E-state index contributed by atoms with van der Waals surface area (Å²) in [6.45, 7) is 7.49. The van der Waals surface area contributed by atoms with Gasteiger partial charge in [-0.3, -0.25) is 0 Å². The van der Waals surface area contributed by atoms with E-state index < -0.39 is 11.7 Å². The largest absolute Gasteiger partial charge is 0.508 e. The molecule has 0 unspecified atom stereocenters. The van der Waals surface area contributed by atoms with Crippen LogP contribution in [0, 0.1) is 0 Å². The third kappa shape index (κ3) is 2.92. The van der Waals surface area contributed by atoms with Crippen LogP contribution in [0.3, 0.4) is 0 Å². The average Bonchev–Trinajstić information content (AvgIpc) is 2.64. The number of rotatable bonds is 2. The fourth-order valence-electron chi connectivity index (χ4n) is 2.02. The number of nitrogens with zero attached hydrogens (tertiary/aromatic N) is 2. The molecule has 0 aliphatic rings. The van der Waals surface area contributed by atoms with E-state index in [1.807, 2.05) is 27.7 Å². The highest BCUT2D eigenvalue weighted by atomic mass is 16.6. The van der Waals surface area contributed by atoms with E-state index in [0.717, 1.165) is 6.42 Å². The molecule has 0 fully saturated rings. The molecule has 1 aromatic carbocycles. The van der Waals surface area contributed by atoms with Crippen LogP contribution in [0.25, 0.3) is 11.0 Å². The third-order valence-corrected chi connectivity index (χ3v) is 2.76. The molecule has 5 heteroatoms. The highest BCUT2D eigenvalue weighted by molar-refractivity contribution is 5.88. The van der Waals surface area contributed by atoms with E-state index in [-0.39, 0.29) is 5.75 Å². The van der Waals surface area contributed by atoms with Gasteiger partial charge in [0.25, 0.3) is 0 Å². The molecule has 0 saturated heterocycles. The molecular weight excluding hydrogens is 256 g/mol. The minimum atomic E-state index is -0.575. The lowest BCUT2D eigenvalue weighted by molar-refractivity contribution is 0.0539. The Bertz CT molecular complexity index is 638. The molecule has 1 N–H and O–H groups in total. The Balaban J connectivity index is 2.55. The first-order valence-electron chi connectivity index (χ1n) is 6.75. The lowest BCUT2D eigenvalue weighted by Gasteiger charge is -2.20. The number of hydrogen-bond acceptors (Lipinski definition) is 4. The van der Waals surface area contributed by atoms with Gasteiger partial charge in [-0.15, -0.1) is 0 Å². The number of carbonyl (C=O) groups excluding carboxylic acids is 1. The van der Waals surface area contributed by atoms with Gasteiger partial charge >= 0.3 is 6.09 Å². The number of phenols is 1. The van der Waals surface area contributed by atoms with Gasteiger partial charge in [-0.25, -0.2) is 14.3 Å². The summed E-state index contributed by atoms with van der Waals surface area (Å²) in [5.74, 6) is 0.757. The molecule has 20 heavy (non-hydrogen) atoms. The number of benzene rings is 1. The fourth-order valence-corrected chi connectivity index (χ4v) is 2.02. The zero-order valence-electron chi connectivity index (χ0n) is 12.3. The Labute approximate surface area is 118 Å². The van der Waals surface area contributed by atoms with Crippen LogP contribution >= 0.6 is 0 Å². The lowest BCUT2D eigenvalue weighted by atomic mass is 10.2. The van der Waals surface area contributed by atoms with Crippen molar-refractivity contribution in [1.82, 2.24) is 9.55 Å². The molecule has 0 bridgehead atoms. The number of imidazole rings is 1. The monoisotopic (exact) mass is 276 g/mol. The summed E-state index contributed by atoms with van der Waals surface area (Å²) < 4.78 is 6.87. The zero-order valence-corrected chi connectivity index (χ0v) is 12.3. The van der Waals surface area contributed by atoms with Crippen LogP contribution in [0.4, 0.5) is 4.79 Å². The summed E-state index contributed by atoms with van der Waals surface area (Å²) in [6.07, 6.45) is 1.08. The van der Waals surface area contributed by atoms with Crippen LogP contribution in [0.15, 0.2) is 18.2 Å². The van der Waals surface area contributed by atoms with Gasteiger partial charge in [-0.05, 0) is 39.3 Å². The first-order valence-corrected chi connectivity index (χ1v) is 6.75. The van der Waals surface area contributed by atoms with Crippen LogP contribution in [0.5, 0.6) is 5.75 Å². The number of fused-ring (bicyclic) bond motifs is 1. The number of phenolic OH excluding ortho intramolecular Hbond substituents is 1. The maximum Gasteiger partial charge on any atom is 0.420 e. The molecule has 0 saturated carbocycles. The summed E-state index contributed by atoms with van der Waals surface area (Å²) in [7, 11) is 0. The Morgan fingerprint density at radius 1 is 1.40 bits per heavy atom. The van der Waals surface area contributed by atoms with Crippen LogP contribution in [0.1, 0.15) is 39.9 Å². The molecule has 0 aliphatic carbocycles. The number of hydrogen-bond donors (Lipinski definition) is 1. The topological polar surface area (TPSA) is 64.4 Å². The summed E-state index contributed by atoms with van der Waals surface area (Å²) in [6, 6.07) is 4.79. The Hall–Kier alpha value is -2.04. The Morgan fingerprint density at radius 3 is 2.70 bits per heavy atom.